The zero-order valence-electron chi connectivity index (χ0n) is 13.8. The molecule has 1 amide bonds. The number of likely N-dealkylation sites (tertiary alicyclic amines) is 1. The molecule has 3 nitrogen and oxygen atoms in total. The Labute approximate surface area is 141 Å². The number of benzene rings is 1. The molecule has 1 aliphatic carbocycles. The average molecular weight is 335 g/mol. The summed E-state index contributed by atoms with van der Waals surface area (Å²) in [4.78, 5) is 25.6. The minimum Gasteiger partial charge on any atom is -0.339 e. The molecule has 1 aromatic carbocycles. The van der Waals surface area contributed by atoms with Gasteiger partial charge in [-0.1, -0.05) is 25.3 Å². The summed E-state index contributed by atoms with van der Waals surface area (Å²) in [5.74, 6) is -1.68. The van der Waals surface area contributed by atoms with Crippen molar-refractivity contribution in [2.24, 2.45) is 0 Å². The van der Waals surface area contributed by atoms with Gasteiger partial charge in [0.05, 0.1) is 0 Å². The van der Waals surface area contributed by atoms with Crippen LogP contribution in [0.25, 0.3) is 0 Å². The Balaban J connectivity index is 1.92. The van der Waals surface area contributed by atoms with Gasteiger partial charge < -0.3 is 9.69 Å². The van der Waals surface area contributed by atoms with Crippen molar-refractivity contribution in [2.45, 2.75) is 62.8 Å². The van der Waals surface area contributed by atoms with Crippen molar-refractivity contribution in [3.05, 3.63) is 35.4 Å². The molecule has 0 radical (unpaired) electrons. The molecule has 1 atom stereocenters. The first-order valence-electron chi connectivity index (χ1n) is 8.74. The summed E-state index contributed by atoms with van der Waals surface area (Å²) in [5, 5.41) is 0. The van der Waals surface area contributed by atoms with Crippen molar-refractivity contribution in [2.75, 3.05) is 6.54 Å². The molecule has 1 unspecified atom stereocenters. The monoisotopic (exact) mass is 335 g/mol. The smallest absolute Gasteiger partial charge is 0.222 e. The van der Waals surface area contributed by atoms with Gasteiger partial charge in [-0.2, -0.15) is 0 Å². The molecule has 1 saturated heterocycles. The van der Waals surface area contributed by atoms with Crippen LogP contribution in [0.1, 0.15) is 56.9 Å². The van der Waals surface area contributed by atoms with Crippen LogP contribution in [0.4, 0.5) is 8.78 Å². The number of amides is 1. The molecule has 1 heterocycles. The van der Waals surface area contributed by atoms with Crippen LogP contribution in [0.2, 0.25) is 0 Å². The summed E-state index contributed by atoms with van der Waals surface area (Å²) in [6.07, 6.45) is 7.29. The summed E-state index contributed by atoms with van der Waals surface area (Å²) < 4.78 is 27.0. The minimum absolute atomic E-state index is 0.117. The van der Waals surface area contributed by atoms with E-state index in [0.717, 1.165) is 38.0 Å². The molecule has 1 aliphatic heterocycles. The summed E-state index contributed by atoms with van der Waals surface area (Å²) in [5.41, 5.74) is 0.00331. The van der Waals surface area contributed by atoms with Gasteiger partial charge in [-0.15, -0.1) is 0 Å². The number of aldehydes is 1. The summed E-state index contributed by atoms with van der Waals surface area (Å²) in [6, 6.07) is 4.06. The third-order valence-electron chi connectivity index (χ3n) is 5.63. The van der Waals surface area contributed by atoms with E-state index < -0.39 is 17.0 Å². The molecule has 3 rings (SSSR count). The highest BCUT2D eigenvalue weighted by atomic mass is 19.2. The molecular formula is C19H23F2NO2. The number of piperidine rings is 1. The molecule has 1 saturated carbocycles. The van der Waals surface area contributed by atoms with E-state index in [1.165, 1.54) is 12.5 Å². The maximum atomic E-state index is 13.7. The maximum Gasteiger partial charge on any atom is 0.222 e. The minimum atomic E-state index is -0.904. The van der Waals surface area contributed by atoms with Crippen molar-refractivity contribution in [1.29, 1.82) is 0 Å². The van der Waals surface area contributed by atoms with Gasteiger partial charge in [-0.05, 0) is 37.0 Å². The molecule has 24 heavy (non-hydrogen) atoms. The lowest BCUT2D eigenvalue weighted by Gasteiger charge is -2.46. The van der Waals surface area contributed by atoms with E-state index in [1.54, 1.807) is 6.07 Å². The standard InChI is InChI=1S/C19H23F2NO2/c20-16-7-6-14(12-17(16)21)19(10-11-23)9-8-18(24)22(13-19)15-4-2-1-3-5-15/h6-7,11-12,15H,1-5,8-10,13H2. The maximum absolute atomic E-state index is 13.7. The molecule has 2 aliphatic rings. The van der Waals surface area contributed by atoms with E-state index in [0.29, 0.717) is 24.9 Å². The van der Waals surface area contributed by atoms with Gasteiger partial charge >= 0.3 is 0 Å². The summed E-state index contributed by atoms with van der Waals surface area (Å²) >= 11 is 0. The first kappa shape index (κ1) is 17.1. The topological polar surface area (TPSA) is 37.4 Å². The van der Waals surface area contributed by atoms with Gasteiger partial charge in [0.25, 0.3) is 0 Å². The fraction of sp³-hybridized carbons (Fsp3) is 0.579. The quantitative estimate of drug-likeness (QED) is 0.786. The molecule has 0 N–H and O–H groups in total. The lowest BCUT2D eigenvalue weighted by Crippen LogP contribution is -2.53. The largest absolute Gasteiger partial charge is 0.339 e. The molecule has 0 bridgehead atoms. The normalized spacial score (nSPS) is 25.8. The van der Waals surface area contributed by atoms with Gasteiger partial charge in [0.2, 0.25) is 5.91 Å². The van der Waals surface area contributed by atoms with E-state index in [9.17, 15) is 18.4 Å². The van der Waals surface area contributed by atoms with E-state index in [1.807, 2.05) is 4.90 Å². The Morgan fingerprint density at radius 1 is 1.17 bits per heavy atom. The number of halogens is 2. The number of hydrogen-bond donors (Lipinski definition) is 0. The lowest BCUT2D eigenvalue weighted by atomic mass is 9.71. The third kappa shape index (κ3) is 3.21. The van der Waals surface area contributed by atoms with Crippen LogP contribution in [0, 0.1) is 11.6 Å². The molecule has 0 aromatic heterocycles. The Bertz CT molecular complexity index is 628. The zero-order chi connectivity index (χ0) is 17.2. The molecular weight excluding hydrogens is 312 g/mol. The van der Waals surface area contributed by atoms with Gasteiger partial charge in [0.1, 0.15) is 6.29 Å². The van der Waals surface area contributed by atoms with E-state index >= 15 is 0 Å². The van der Waals surface area contributed by atoms with Crippen LogP contribution >= 0.6 is 0 Å². The highest BCUT2D eigenvalue weighted by Gasteiger charge is 2.42. The Hall–Kier alpha value is -1.78. The third-order valence-corrected chi connectivity index (χ3v) is 5.63. The van der Waals surface area contributed by atoms with Crippen molar-refractivity contribution >= 4 is 12.2 Å². The van der Waals surface area contributed by atoms with Gasteiger partial charge in [0, 0.05) is 30.8 Å². The first-order chi connectivity index (χ1) is 11.6. The van der Waals surface area contributed by atoms with Crippen molar-refractivity contribution in [3.8, 4) is 0 Å². The predicted octanol–water partition coefficient (Wildman–Crippen LogP) is 3.75. The number of carbonyl (C=O) groups excluding carboxylic acids is 2. The van der Waals surface area contributed by atoms with Crippen LogP contribution in [0.15, 0.2) is 18.2 Å². The molecule has 0 spiro atoms. The van der Waals surface area contributed by atoms with Crippen LogP contribution in [0.3, 0.4) is 0 Å². The highest BCUT2D eigenvalue weighted by molar-refractivity contribution is 5.78. The lowest BCUT2D eigenvalue weighted by molar-refractivity contribution is -0.139. The van der Waals surface area contributed by atoms with Gasteiger partial charge in [-0.3, -0.25) is 4.79 Å². The average Bonchev–Trinajstić information content (AvgIpc) is 2.60. The van der Waals surface area contributed by atoms with Crippen molar-refractivity contribution in [1.82, 2.24) is 4.90 Å². The van der Waals surface area contributed by atoms with Crippen LogP contribution in [-0.4, -0.2) is 29.7 Å². The van der Waals surface area contributed by atoms with Crippen LogP contribution < -0.4 is 0 Å². The Kier molecular flexibility index (Phi) is 4.97. The van der Waals surface area contributed by atoms with Crippen LogP contribution in [-0.2, 0) is 15.0 Å². The Morgan fingerprint density at radius 2 is 1.92 bits per heavy atom. The number of carbonyl (C=O) groups is 2. The molecule has 2 fully saturated rings. The fourth-order valence-corrected chi connectivity index (χ4v) is 4.21. The van der Waals surface area contributed by atoms with E-state index in [4.69, 9.17) is 0 Å². The first-order valence-corrected chi connectivity index (χ1v) is 8.74. The zero-order valence-corrected chi connectivity index (χ0v) is 13.8. The second-order valence-electron chi connectivity index (χ2n) is 7.09. The molecule has 1 aromatic rings. The molecule has 5 heteroatoms. The second-order valence-corrected chi connectivity index (χ2v) is 7.09. The van der Waals surface area contributed by atoms with Crippen molar-refractivity contribution in [3.63, 3.8) is 0 Å². The highest BCUT2D eigenvalue weighted by Crippen LogP contribution is 2.39. The predicted molar refractivity (Wildman–Crippen MR) is 86.5 cm³/mol. The van der Waals surface area contributed by atoms with E-state index in [-0.39, 0.29) is 18.4 Å². The van der Waals surface area contributed by atoms with E-state index in [2.05, 4.69) is 0 Å². The molecule has 130 valence electrons. The number of hydrogen-bond acceptors (Lipinski definition) is 2. The number of rotatable bonds is 4. The second kappa shape index (κ2) is 6.99. The summed E-state index contributed by atoms with van der Waals surface area (Å²) in [7, 11) is 0. The number of nitrogens with zero attached hydrogens (tertiary/aromatic N) is 1. The van der Waals surface area contributed by atoms with Crippen LogP contribution in [0.5, 0.6) is 0 Å². The van der Waals surface area contributed by atoms with Gasteiger partial charge in [0.15, 0.2) is 11.6 Å². The Morgan fingerprint density at radius 3 is 2.58 bits per heavy atom. The summed E-state index contributed by atoms with van der Waals surface area (Å²) in [6.45, 7) is 0.417. The van der Waals surface area contributed by atoms with Gasteiger partial charge in [-0.25, -0.2) is 8.78 Å². The van der Waals surface area contributed by atoms with Crippen molar-refractivity contribution < 1.29 is 18.4 Å². The SMILES string of the molecule is O=CCC1(c2ccc(F)c(F)c2)CCC(=O)N(C2CCCCC2)C1. The fourth-order valence-electron chi connectivity index (χ4n) is 4.21.